The molecular weight excluding hydrogens is 432 g/mol. The molecule has 3 N–H and O–H groups in total. The molecule has 1 aromatic heterocycles. The van der Waals surface area contributed by atoms with Gasteiger partial charge in [0, 0.05) is 29.1 Å². The third-order valence-electron chi connectivity index (χ3n) is 4.75. The predicted octanol–water partition coefficient (Wildman–Crippen LogP) is 5.33. The molecule has 0 aliphatic rings. The number of nitrogens with one attached hydrogen (secondary N) is 3. The molecule has 3 aromatic carbocycles. The summed E-state index contributed by atoms with van der Waals surface area (Å²) >= 11 is 0. The van der Waals surface area contributed by atoms with Crippen LogP contribution >= 0.6 is 0 Å². The fourth-order valence-electron chi connectivity index (χ4n) is 3.15. The van der Waals surface area contributed by atoms with Crippen LogP contribution in [0.1, 0.15) is 16.7 Å². The molecule has 0 atom stereocenters. The Labute approximate surface area is 196 Å². The lowest BCUT2D eigenvalue weighted by molar-refractivity contribution is -0.384. The predicted molar refractivity (Wildman–Crippen MR) is 133 cm³/mol. The average molecular weight is 454 g/mol. The number of anilines is 5. The Bertz CT molecular complexity index is 1340. The third kappa shape index (κ3) is 5.88. The lowest BCUT2D eigenvalue weighted by atomic mass is 10.1. The summed E-state index contributed by atoms with van der Waals surface area (Å²) in [6, 6.07) is 21.7. The van der Waals surface area contributed by atoms with E-state index in [1.807, 2.05) is 56.3 Å². The van der Waals surface area contributed by atoms with E-state index in [-0.39, 0.29) is 11.6 Å². The molecule has 4 rings (SSSR count). The number of hydrogen-bond acceptors (Lipinski definition) is 9. The van der Waals surface area contributed by atoms with E-state index in [4.69, 9.17) is 0 Å². The molecule has 10 heteroatoms. The minimum absolute atomic E-state index is 0.0154. The summed E-state index contributed by atoms with van der Waals surface area (Å²) in [5.41, 5.74) is 7.22. The van der Waals surface area contributed by atoms with Crippen molar-refractivity contribution in [3.05, 3.63) is 99.6 Å². The van der Waals surface area contributed by atoms with Crippen molar-refractivity contribution in [2.75, 3.05) is 16.1 Å². The number of rotatable bonds is 8. The Balaban J connectivity index is 1.59. The second kappa shape index (κ2) is 10.2. The fraction of sp³-hybridized carbons (Fsp3) is 0.0833. The highest BCUT2D eigenvalue weighted by Gasteiger charge is 2.09. The van der Waals surface area contributed by atoms with Crippen LogP contribution in [0.4, 0.5) is 34.9 Å². The van der Waals surface area contributed by atoms with Gasteiger partial charge < -0.3 is 10.6 Å². The zero-order chi connectivity index (χ0) is 23.9. The number of benzene rings is 3. The Morgan fingerprint density at radius 1 is 0.853 bits per heavy atom. The third-order valence-corrected chi connectivity index (χ3v) is 4.75. The number of nitro benzene ring substituents is 1. The smallest absolute Gasteiger partial charge is 0.270 e. The topological polar surface area (TPSA) is 130 Å². The van der Waals surface area contributed by atoms with Gasteiger partial charge in [0.1, 0.15) is 0 Å². The number of hydrogen-bond donors (Lipinski definition) is 3. The number of non-ortho nitro benzene ring substituents is 1. The van der Waals surface area contributed by atoms with Gasteiger partial charge in [-0.15, -0.1) is 0 Å². The molecule has 0 aliphatic carbocycles. The van der Waals surface area contributed by atoms with Crippen LogP contribution in [0.2, 0.25) is 0 Å². The van der Waals surface area contributed by atoms with Gasteiger partial charge in [0.25, 0.3) is 5.69 Å². The van der Waals surface area contributed by atoms with E-state index in [0.717, 1.165) is 22.5 Å². The summed E-state index contributed by atoms with van der Waals surface area (Å²) in [6.07, 6.45) is 1.46. The highest BCUT2D eigenvalue weighted by Crippen LogP contribution is 2.22. The van der Waals surface area contributed by atoms with Crippen molar-refractivity contribution in [2.45, 2.75) is 13.8 Å². The maximum Gasteiger partial charge on any atom is 0.270 e. The van der Waals surface area contributed by atoms with Gasteiger partial charge in [-0.3, -0.25) is 10.1 Å². The lowest BCUT2D eigenvalue weighted by Gasteiger charge is -2.12. The van der Waals surface area contributed by atoms with Crippen LogP contribution in [0, 0.1) is 24.0 Å². The molecule has 4 aromatic rings. The maximum atomic E-state index is 11.0. The van der Waals surface area contributed by atoms with Crippen molar-refractivity contribution < 1.29 is 4.92 Å². The zero-order valence-electron chi connectivity index (χ0n) is 18.6. The molecule has 0 fully saturated rings. The number of nitrogens with zero attached hydrogens (tertiary/aromatic N) is 5. The van der Waals surface area contributed by atoms with Crippen molar-refractivity contribution >= 4 is 41.1 Å². The summed E-state index contributed by atoms with van der Waals surface area (Å²) in [5.74, 6) is 0.845. The first kappa shape index (κ1) is 22.3. The number of aromatic nitrogens is 3. The van der Waals surface area contributed by atoms with Crippen LogP contribution in [-0.4, -0.2) is 26.1 Å². The molecule has 0 amide bonds. The highest BCUT2D eigenvalue weighted by molar-refractivity contribution is 5.81. The molecule has 34 heavy (non-hydrogen) atoms. The largest absolute Gasteiger partial charge is 0.324 e. The SMILES string of the molecule is Cc1ccc(Nc2nc(N/N=C/c3cccc([N+](=O)[O-])c3)nc(Nc3ccccc3)n2)c(C)c1. The van der Waals surface area contributed by atoms with Crippen molar-refractivity contribution in [2.24, 2.45) is 5.10 Å². The molecule has 170 valence electrons. The number of hydrazone groups is 1. The Morgan fingerprint density at radius 2 is 1.59 bits per heavy atom. The Kier molecular flexibility index (Phi) is 6.68. The quantitative estimate of drug-likeness (QED) is 0.185. The molecule has 0 aliphatic heterocycles. The molecule has 0 unspecified atom stereocenters. The van der Waals surface area contributed by atoms with Gasteiger partial charge in [0.15, 0.2) is 0 Å². The van der Waals surface area contributed by atoms with Gasteiger partial charge in [0.2, 0.25) is 17.8 Å². The van der Waals surface area contributed by atoms with E-state index >= 15 is 0 Å². The molecule has 0 radical (unpaired) electrons. The van der Waals surface area contributed by atoms with E-state index in [9.17, 15) is 10.1 Å². The van der Waals surface area contributed by atoms with Gasteiger partial charge in [-0.25, -0.2) is 5.43 Å². The van der Waals surface area contributed by atoms with Crippen molar-refractivity contribution in [1.82, 2.24) is 15.0 Å². The normalized spacial score (nSPS) is 10.8. The summed E-state index contributed by atoms with van der Waals surface area (Å²) in [6.45, 7) is 4.03. The van der Waals surface area contributed by atoms with Crippen LogP contribution in [0.3, 0.4) is 0 Å². The highest BCUT2D eigenvalue weighted by atomic mass is 16.6. The first-order valence-electron chi connectivity index (χ1n) is 10.4. The fourth-order valence-corrected chi connectivity index (χ4v) is 3.15. The first-order valence-corrected chi connectivity index (χ1v) is 10.4. The molecular formula is C24H22N8O2. The minimum Gasteiger partial charge on any atom is -0.324 e. The van der Waals surface area contributed by atoms with Crippen LogP contribution in [0.5, 0.6) is 0 Å². The molecule has 0 saturated heterocycles. The second-order valence-corrected chi connectivity index (χ2v) is 7.46. The summed E-state index contributed by atoms with van der Waals surface area (Å²) in [4.78, 5) is 23.8. The Hall–Kier alpha value is -4.86. The van der Waals surface area contributed by atoms with Crippen molar-refractivity contribution in [1.29, 1.82) is 0 Å². The summed E-state index contributed by atoms with van der Waals surface area (Å²) < 4.78 is 0. The monoisotopic (exact) mass is 454 g/mol. The molecule has 10 nitrogen and oxygen atoms in total. The standard InChI is InChI=1S/C24H22N8O2/c1-16-11-12-21(17(2)13-16)27-23-28-22(26-19-8-4-3-5-9-19)29-24(30-23)31-25-15-18-7-6-10-20(14-18)32(33)34/h3-15H,1-2H3,(H3,26,27,28,29,30,31)/b25-15+. The van der Waals surface area contributed by atoms with Gasteiger partial charge in [-0.1, -0.05) is 48.0 Å². The number of aryl methyl sites for hydroxylation is 2. The lowest BCUT2D eigenvalue weighted by Crippen LogP contribution is -2.07. The van der Waals surface area contributed by atoms with E-state index in [0.29, 0.717) is 17.5 Å². The molecule has 0 bridgehead atoms. The molecule has 0 saturated carbocycles. The van der Waals surface area contributed by atoms with Gasteiger partial charge in [-0.2, -0.15) is 20.1 Å². The van der Waals surface area contributed by atoms with Crippen molar-refractivity contribution in [3.63, 3.8) is 0 Å². The minimum atomic E-state index is -0.455. The van der Waals surface area contributed by atoms with E-state index in [1.165, 1.54) is 18.3 Å². The summed E-state index contributed by atoms with van der Waals surface area (Å²) in [5, 5.41) is 21.5. The van der Waals surface area contributed by atoms with Crippen LogP contribution in [0.25, 0.3) is 0 Å². The van der Waals surface area contributed by atoms with Gasteiger partial charge in [-0.05, 0) is 37.6 Å². The number of para-hydroxylation sites is 1. The first-order chi connectivity index (χ1) is 16.5. The van der Waals surface area contributed by atoms with Crippen LogP contribution in [0.15, 0.2) is 77.9 Å². The van der Waals surface area contributed by atoms with E-state index in [2.05, 4.69) is 42.2 Å². The second-order valence-electron chi connectivity index (χ2n) is 7.46. The van der Waals surface area contributed by atoms with Gasteiger partial charge in [0.05, 0.1) is 11.1 Å². The Morgan fingerprint density at radius 3 is 2.32 bits per heavy atom. The molecule has 0 spiro atoms. The van der Waals surface area contributed by atoms with Gasteiger partial charge >= 0.3 is 0 Å². The average Bonchev–Trinajstić information content (AvgIpc) is 2.82. The summed E-state index contributed by atoms with van der Waals surface area (Å²) in [7, 11) is 0. The maximum absolute atomic E-state index is 11.0. The van der Waals surface area contributed by atoms with E-state index < -0.39 is 4.92 Å². The number of nitro groups is 1. The van der Waals surface area contributed by atoms with Crippen LogP contribution < -0.4 is 16.1 Å². The van der Waals surface area contributed by atoms with Crippen molar-refractivity contribution in [3.8, 4) is 0 Å². The zero-order valence-corrected chi connectivity index (χ0v) is 18.6. The van der Waals surface area contributed by atoms with Crippen LogP contribution in [-0.2, 0) is 0 Å². The molecule has 1 heterocycles. The van der Waals surface area contributed by atoms with E-state index in [1.54, 1.807) is 12.1 Å².